The van der Waals surface area contributed by atoms with E-state index in [9.17, 15) is 19.1 Å². The molecular weight excluding hydrogens is 395 g/mol. The number of unbranched alkanes of at least 4 members (excludes halogenated alkanes) is 2. The molecule has 3 rings (SSSR count). The Hall–Kier alpha value is -2.38. The maximum Gasteiger partial charge on any atom is 0.345 e. The smallest absolute Gasteiger partial charge is 0.345 e. The van der Waals surface area contributed by atoms with Gasteiger partial charge in [0.1, 0.15) is 0 Å². The van der Waals surface area contributed by atoms with Crippen LogP contribution in [-0.4, -0.2) is 16.2 Å². The molecule has 3 aromatic rings. The van der Waals surface area contributed by atoms with Gasteiger partial charge in [-0.25, -0.2) is 4.79 Å². The molecule has 0 saturated heterocycles. The number of carboxylic acid groups (broad SMARTS) is 1. The standard InChI is InChI=1S/C19H16ClFO5S/c20-13-9-10-8-12(19(25)26-18(10)16(21)17(13)24)14-7-6-11(27-14)4-2-1-3-5-15(22)23/h6-9,24H,1-5H2,(H,22,23). The number of halogens is 2. The Kier molecular flexibility index (Phi) is 5.82. The van der Waals surface area contributed by atoms with Crippen molar-refractivity contribution >= 4 is 39.9 Å². The number of aromatic hydroxyl groups is 1. The second-order valence-electron chi connectivity index (χ2n) is 6.11. The highest BCUT2D eigenvalue weighted by Crippen LogP contribution is 2.35. The summed E-state index contributed by atoms with van der Waals surface area (Å²) < 4.78 is 19.1. The lowest BCUT2D eigenvalue weighted by Gasteiger charge is -2.04. The van der Waals surface area contributed by atoms with Gasteiger partial charge < -0.3 is 14.6 Å². The SMILES string of the molecule is O=C(O)CCCCCc1ccc(-c2cc3cc(Cl)c(O)c(F)c3oc2=O)s1. The summed E-state index contributed by atoms with van der Waals surface area (Å²) in [4.78, 5) is 24.5. The molecule has 0 aliphatic heterocycles. The normalized spacial score (nSPS) is 11.2. The molecular formula is C19H16ClFO5S. The van der Waals surface area contributed by atoms with Crippen LogP contribution in [0.1, 0.15) is 30.6 Å². The van der Waals surface area contributed by atoms with Crippen LogP contribution in [0.2, 0.25) is 5.02 Å². The van der Waals surface area contributed by atoms with Gasteiger partial charge >= 0.3 is 11.6 Å². The van der Waals surface area contributed by atoms with E-state index in [1.54, 1.807) is 6.07 Å². The number of phenolic OH excluding ortho intramolecular Hbond substituents is 1. The zero-order valence-corrected chi connectivity index (χ0v) is 15.7. The third kappa shape index (κ3) is 4.31. The van der Waals surface area contributed by atoms with Crippen LogP contribution in [0.4, 0.5) is 4.39 Å². The van der Waals surface area contributed by atoms with Crippen molar-refractivity contribution in [2.45, 2.75) is 32.1 Å². The molecule has 0 saturated carbocycles. The molecule has 2 heterocycles. The van der Waals surface area contributed by atoms with E-state index in [0.29, 0.717) is 16.9 Å². The number of aryl methyl sites for hydroxylation is 1. The van der Waals surface area contributed by atoms with Gasteiger partial charge in [-0.05, 0) is 43.5 Å². The van der Waals surface area contributed by atoms with Crippen molar-refractivity contribution in [2.75, 3.05) is 0 Å². The Bertz CT molecular complexity index is 1060. The zero-order chi connectivity index (χ0) is 19.6. The highest BCUT2D eigenvalue weighted by molar-refractivity contribution is 7.15. The van der Waals surface area contributed by atoms with Gasteiger partial charge in [0, 0.05) is 21.6 Å². The molecule has 0 fully saturated rings. The van der Waals surface area contributed by atoms with Crippen molar-refractivity contribution in [3.05, 3.63) is 50.4 Å². The average molecular weight is 411 g/mol. The number of carboxylic acids is 1. The third-order valence-electron chi connectivity index (χ3n) is 4.13. The molecule has 2 N–H and O–H groups in total. The molecule has 0 atom stereocenters. The van der Waals surface area contributed by atoms with Crippen molar-refractivity contribution in [3.8, 4) is 16.2 Å². The second-order valence-corrected chi connectivity index (χ2v) is 7.68. The molecule has 142 valence electrons. The molecule has 5 nitrogen and oxygen atoms in total. The van der Waals surface area contributed by atoms with Crippen molar-refractivity contribution in [1.29, 1.82) is 0 Å². The first-order valence-corrected chi connectivity index (χ1v) is 9.52. The van der Waals surface area contributed by atoms with E-state index >= 15 is 0 Å². The lowest BCUT2D eigenvalue weighted by Crippen LogP contribution is -2.02. The van der Waals surface area contributed by atoms with Gasteiger partial charge in [0.25, 0.3) is 0 Å². The number of hydrogen-bond acceptors (Lipinski definition) is 5. The fourth-order valence-electron chi connectivity index (χ4n) is 2.76. The number of carbonyl (C=O) groups is 1. The lowest BCUT2D eigenvalue weighted by atomic mass is 10.1. The van der Waals surface area contributed by atoms with Crippen molar-refractivity contribution in [1.82, 2.24) is 0 Å². The summed E-state index contributed by atoms with van der Waals surface area (Å²) in [6.45, 7) is 0. The van der Waals surface area contributed by atoms with Gasteiger partial charge in [0.05, 0.1) is 10.6 Å². The Morgan fingerprint density at radius 2 is 2.00 bits per heavy atom. The first-order chi connectivity index (χ1) is 12.9. The van der Waals surface area contributed by atoms with Crippen LogP contribution in [0.25, 0.3) is 21.4 Å². The van der Waals surface area contributed by atoms with Crippen LogP contribution in [0.5, 0.6) is 5.75 Å². The highest BCUT2D eigenvalue weighted by atomic mass is 35.5. The van der Waals surface area contributed by atoms with Gasteiger partial charge in [0.2, 0.25) is 5.82 Å². The number of aliphatic carboxylic acids is 1. The summed E-state index contributed by atoms with van der Waals surface area (Å²) in [5, 5.41) is 18.3. The fourth-order valence-corrected chi connectivity index (χ4v) is 4.02. The summed E-state index contributed by atoms with van der Waals surface area (Å²) >= 11 is 7.23. The van der Waals surface area contributed by atoms with E-state index in [1.807, 2.05) is 6.07 Å². The molecule has 0 spiro atoms. The van der Waals surface area contributed by atoms with Gasteiger partial charge in [-0.15, -0.1) is 11.3 Å². The monoisotopic (exact) mass is 410 g/mol. The van der Waals surface area contributed by atoms with Gasteiger partial charge in [0.15, 0.2) is 11.3 Å². The molecule has 1 aromatic carbocycles. The number of benzene rings is 1. The summed E-state index contributed by atoms with van der Waals surface area (Å²) in [6.07, 6.45) is 3.28. The second kappa shape index (κ2) is 8.10. The molecule has 0 bridgehead atoms. The minimum absolute atomic E-state index is 0.159. The summed E-state index contributed by atoms with van der Waals surface area (Å²) in [5.74, 6) is -2.60. The molecule has 0 amide bonds. The van der Waals surface area contributed by atoms with Gasteiger partial charge in [-0.2, -0.15) is 4.39 Å². The van der Waals surface area contributed by atoms with Crippen LogP contribution in [0, 0.1) is 5.82 Å². The third-order valence-corrected chi connectivity index (χ3v) is 5.60. The minimum Gasteiger partial charge on any atom is -0.504 e. The lowest BCUT2D eigenvalue weighted by molar-refractivity contribution is -0.137. The number of phenols is 1. The van der Waals surface area contributed by atoms with E-state index in [0.717, 1.165) is 24.1 Å². The number of fused-ring (bicyclic) bond motifs is 1. The van der Waals surface area contributed by atoms with E-state index in [2.05, 4.69) is 0 Å². The molecule has 0 unspecified atom stereocenters. The minimum atomic E-state index is -1.06. The zero-order valence-electron chi connectivity index (χ0n) is 14.1. The molecule has 2 aromatic heterocycles. The molecule has 8 heteroatoms. The molecule has 0 radical (unpaired) electrons. The summed E-state index contributed by atoms with van der Waals surface area (Å²) in [7, 11) is 0. The predicted octanol–water partition coefficient (Wildman–Crippen LogP) is 5.21. The van der Waals surface area contributed by atoms with Crippen LogP contribution in [-0.2, 0) is 11.2 Å². The van der Waals surface area contributed by atoms with Gasteiger partial charge in [-0.3, -0.25) is 4.79 Å². The Labute approximate surface area is 162 Å². The fraction of sp³-hybridized carbons (Fsp3) is 0.263. The topological polar surface area (TPSA) is 87.7 Å². The van der Waals surface area contributed by atoms with Crippen molar-refractivity contribution in [3.63, 3.8) is 0 Å². The number of thiophene rings is 1. The Morgan fingerprint density at radius 3 is 2.74 bits per heavy atom. The first-order valence-electron chi connectivity index (χ1n) is 8.32. The van der Waals surface area contributed by atoms with Crippen molar-refractivity contribution in [2.24, 2.45) is 0 Å². The van der Waals surface area contributed by atoms with Gasteiger partial charge in [-0.1, -0.05) is 18.0 Å². The van der Waals surface area contributed by atoms with Crippen molar-refractivity contribution < 1.29 is 23.8 Å². The molecule has 27 heavy (non-hydrogen) atoms. The van der Waals surface area contributed by atoms with E-state index in [-0.39, 0.29) is 22.4 Å². The van der Waals surface area contributed by atoms with Crippen LogP contribution in [0.3, 0.4) is 0 Å². The number of rotatable bonds is 7. The Morgan fingerprint density at radius 1 is 1.22 bits per heavy atom. The quantitative estimate of drug-likeness (QED) is 0.412. The predicted molar refractivity (Wildman–Crippen MR) is 102 cm³/mol. The molecule has 0 aliphatic carbocycles. The average Bonchev–Trinajstić information content (AvgIpc) is 3.08. The summed E-state index contributed by atoms with van der Waals surface area (Å²) in [5.41, 5.74) is -0.732. The Balaban J connectivity index is 1.81. The van der Waals surface area contributed by atoms with Crippen LogP contribution < -0.4 is 5.63 Å². The van der Waals surface area contributed by atoms with Crippen LogP contribution in [0.15, 0.2) is 33.5 Å². The number of hydrogen-bond donors (Lipinski definition) is 2. The van der Waals surface area contributed by atoms with E-state index in [4.69, 9.17) is 21.1 Å². The maximum absolute atomic E-state index is 14.0. The van der Waals surface area contributed by atoms with E-state index in [1.165, 1.54) is 23.5 Å². The van der Waals surface area contributed by atoms with E-state index < -0.39 is 23.2 Å². The maximum atomic E-state index is 14.0. The highest BCUT2D eigenvalue weighted by Gasteiger charge is 2.17. The van der Waals surface area contributed by atoms with Crippen LogP contribution >= 0.6 is 22.9 Å². The molecule has 0 aliphatic rings. The largest absolute Gasteiger partial charge is 0.504 e. The first kappa shape index (κ1) is 19.4. The summed E-state index contributed by atoms with van der Waals surface area (Å²) in [6, 6.07) is 6.55.